The topological polar surface area (TPSA) is 83.3 Å². The first-order chi connectivity index (χ1) is 17.8. The van der Waals surface area contributed by atoms with Gasteiger partial charge in [-0.25, -0.2) is 4.98 Å². The van der Waals surface area contributed by atoms with Gasteiger partial charge in [-0.05, 0) is 66.7 Å². The Morgan fingerprint density at radius 3 is 2.38 bits per heavy atom. The lowest BCUT2D eigenvalue weighted by atomic mass is 10.2. The van der Waals surface area contributed by atoms with Gasteiger partial charge in [-0.15, -0.1) is 0 Å². The number of phenolic OH excluding ortho intramolecular Hbond substituents is 1. The zero-order valence-electron chi connectivity index (χ0n) is 18.8. The molecule has 1 N–H and O–H groups in total. The lowest BCUT2D eigenvalue weighted by Gasteiger charge is -2.06. The van der Waals surface area contributed by atoms with Crippen LogP contribution in [0.15, 0.2) is 105 Å². The predicted octanol–water partition coefficient (Wildman–Crippen LogP) is 9.04. The molecule has 0 saturated carbocycles. The van der Waals surface area contributed by atoms with Crippen LogP contribution in [0, 0.1) is 0 Å². The number of phenols is 1. The highest BCUT2D eigenvalue weighted by Gasteiger charge is 2.30. The van der Waals surface area contributed by atoms with Gasteiger partial charge in [-0.1, -0.05) is 29.8 Å². The van der Waals surface area contributed by atoms with Crippen molar-refractivity contribution in [2.24, 2.45) is 15.2 Å². The third-order valence-corrected chi connectivity index (χ3v) is 5.62. The van der Waals surface area contributed by atoms with Gasteiger partial charge in [0.05, 0.1) is 33.2 Å². The van der Waals surface area contributed by atoms with Crippen molar-refractivity contribution < 1.29 is 22.7 Å². The van der Waals surface area contributed by atoms with E-state index in [-0.39, 0.29) is 11.4 Å². The number of fused-ring (bicyclic) bond motifs is 1. The summed E-state index contributed by atoms with van der Waals surface area (Å²) >= 11 is 6.24. The van der Waals surface area contributed by atoms with Crippen LogP contribution in [0.5, 0.6) is 5.75 Å². The van der Waals surface area contributed by atoms with Gasteiger partial charge in [0.15, 0.2) is 5.58 Å². The smallest absolute Gasteiger partial charge is 0.416 e. The monoisotopic (exact) mass is 520 g/mol. The molecular formula is C27H16ClF3N4O2. The van der Waals surface area contributed by atoms with Gasteiger partial charge in [0.1, 0.15) is 11.3 Å². The van der Waals surface area contributed by atoms with Gasteiger partial charge in [0.2, 0.25) is 5.89 Å². The summed E-state index contributed by atoms with van der Waals surface area (Å²) in [6, 6.07) is 21.4. The third kappa shape index (κ3) is 5.52. The molecule has 0 amide bonds. The van der Waals surface area contributed by atoms with Crippen LogP contribution >= 0.6 is 11.6 Å². The van der Waals surface area contributed by atoms with Crippen LogP contribution in [0.25, 0.3) is 22.6 Å². The summed E-state index contributed by atoms with van der Waals surface area (Å²) in [6.07, 6.45) is -3.03. The average Bonchev–Trinajstić information content (AvgIpc) is 3.30. The van der Waals surface area contributed by atoms with Crippen LogP contribution in [0.4, 0.5) is 30.2 Å². The molecular weight excluding hydrogens is 505 g/mol. The van der Waals surface area contributed by atoms with E-state index in [0.29, 0.717) is 44.5 Å². The molecule has 0 fully saturated rings. The molecule has 1 heterocycles. The summed E-state index contributed by atoms with van der Waals surface area (Å²) in [5.74, 6) is 0.337. The Hall–Kier alpha value is -4.50. The number of benzene rings is 4. The maximum absolute atomic E-state index is 12.9. The van der Waals surface area contributed by atoms with Crippen LogP contribution in [0.2, 0.25) is 5.02 Å². The molecule has 184 valence electrons. The lowest BCUT2D eigenvalue weighted by Crippen LogP contribution is -2.03. The zero-order chi connectivity index (χ0) is 26.0. The molecule has 0 aliphatic carbocycles. The largest absolute Gasteiger partial charge is 0.507 e. The molecule has 0 radical (unpaired) electrons. The maximum Gasteiger partial charge on any atom is 0.416 e. The second-order valence-corrected chi connectivity index (χ2v) is 8.31. The SMILES string of the molecule is Oc1ccc(N=Nc2cccc(C(F)(F)F)c2)cc1C=Nc1ccc2oc(-c3ccccc3Cl)nc2c1. The summed E-state index contributed by atoms with van der Waals surface area (Å²) in [5.41, 5.74) is 2.28. The van der Waals surface area contributed by atoms with Crippen LogP contribution in [-0.4, -0.2) is 16.3 Å². The highest BCUT2D eigenvalue weighted by atomic mass is 35.5. The van der Waals surface area contributed by atoms with Gasteiger partial charge < -0.3 is 9.52 Å². The summed E-state index contributed by atoms with van der Waals surface area (Å²) < 4.78 is 44.5. The molecule has 0 aliphatic rings. The molecule has 0 aliphatic heterocycles. The highest BCUT2D eigenvalue weighted by molar-refractivity contribution is 6.33. The van der Waals surface area contributed by atoms with Gasteiger partial charge in [0.25, 0.3) is 0 Å². The average molecular weight is 521 g/mol. The molecule has 5 aromatic rings. The second-order valence-electron chi connectivity index (χ2n) is 7.90. The summed E-state index contributed by atoms with van der Waals surface area (Å²) in [4.78, 5) is 8.89. The Labute approximate surface area is 213 Å². The van der Waals surface area contributed by atoms with Crippen molar-refractivity contribution in [3.8, 4) is 17.2 Å². The number of nitrogens with zero attached hydrogens (tertiary/aromatic N) is 4. The molecule has 37 heavy (non-hydrogen) atoms. The molecule has 5 rings (SSSR count). The standard InChI is InChI=1S/C27H16ClF3N4O2/c28-22-7-2-1-6-21(22)26-33-23-14-18(9-11-25(23)37-26)32-15-16-12-20(8-10-24(16)36)35-34-19-5-3-4-17(13-19)27(29,30)31/h1-15,36H. The van der Waals surface area contributed by atoms with Crippen LogP contribution < -0.4 is 0 Å². The van der Waals surface area contributed by atoms with Gasteiger partial charge >= 0.3 is 6.18 Å². The van der Waals surface area contributed by atoms with E-state index in [1.54, 1.807) is 24.3 Å². The number of alkyl halides is 3. The molecule has 6 nitrogen and oxygen atoms in total. The van der Waals surface area contributed by atoms with E-state index in [2.05, 4.69) is 20.2 Å². The van der Waals surface area contributed by atoms with Crippen molar-refractivity contribution in [2.45, 2.75) is 6.18 Å². The minimum atomic E-state index is -4.47. The van der Waals surface area contributed by atoms with Crippen molar-refractivity contribution in [3.05, 3.63) is 101 Å². The van der Waals surface area contributed by atoms with E-state index in [4.69, 9.17) is 16.0 Å². The fourth-order valence-corrected chi connectivity index (χ4v) is 3.67. The molecule has 0 unspecified atom stereocenters. The number of rotatable bonds is 5. The quantitative estimate of drug-likeness (QED) is 0.185. The van der Waals surface area contributed by atoms with Crippen LogP contribution in [-0.2, 0) is 6.18 Å². The summed E-state index contributed by atoms with van der Waals surface area (Å²) in [6.45, 7) is 0. The Kier molecular flexibility index (Phi) is 6.45. The number of azo groups is 1. The first-order valence-electron chi connectivity index (χ1n) is 10.9. The Balaban J connectivity index is 1.37. The van der Waals surface area contributed by atoms with Crippen molar-refractivity contribution in [1.29, 1.82) is 0 Å². The first-order valence-corrected chi connectivity index (χ1v) is 11.3. The molecule has 0 atom stereocenters. The minimum absolute atomic E-state index is 0.0507. The van der Waals surface area contributed by atoms with Crippen molar-refractivity contribution in [1.82, 2.24) is 4.98 Å². The van der Waals surface area contributed by atoms with Crippen LogP contribution in [0.1, 0.15) is 11.1 Å². The molecule has 0 spiro atoms. The predicted molar refractivity (Wildman–Crippen MR) is 135 cm³/mol. The molecule has 0 bridgehead atoms. The Morgan fingerprint density at radius 2 is 1.59 bits per heavy atom. The molecule has 10 heteroatoms. The van der Waals surface area contributed by atoms with Crippen molar-refractivity contribution in [3.63, 3.8) is 0 Å². The molecule has 1 aromatic heterocycles. The van der Waals surface area contributed by atoms with Gasteiger partial charge in [0, 0.05) is 11.8 Å². The van der Waals surface area contributed by atoms with E-state index in [1.165, 1.54) is 36.5 Å². The lowest BCUT2D eigenvalue weighted by molar-refractivity contribution is -0.137. The van der Waals surface area contributed by atoms with E-state index < -0.39 is 11.7 Å². The highest BCUT2D eigenvalue weighted by Crippen LogP contribution is 2.33. The Morgan fingerprint density at radius 1 is 0.838 bits per heavy atom. The van der Waals surface area contributed by atoms with E-state index in [1.807, 2.05) is 18.2 Å². The number of halogens is 4. The Bertz CT molecular complexity index is 1660. The van der Waals surface area contributed by atoms with E-state index in [0.717, 1.165) is 12.1 Å². The minimum Gasteiger partial charge on any atom is -0.507 e. The summed E-state index contributed by atoms with van der Waals surface area (Å²) in [5, 5.41) is 18.6. The fourth-order valence-electron chi connectivity index (χ4n) is 3.46. The maximum atomic E-state index is 12.9. The normalized spacial score (nSPS) is 12.2. The van der Waals surface area contributed by atoms with E-state index >= 15 is 0 Å². The van der Waals surface area contributed by atoms with Gasteiger partial charge in [-0.2, -0.15) is 23.4 Å². The molecule has 0 saturated heterocycles. The first kappa shape index (κ1) is 24.2. The number of aliphatic imine (C=N–C) groups is 1. The number of aromatic nitrogens is 1. The van der Waals surface area contributed by atoms with Gasteiger partial charge in [-0.3, -0.25) is 4.99 Å². The molecule has 4 aromatic carbocycles. The number of hydrogen-bond donors (Lipinski definition) is 1. The number of oxazole rings is 1. The fraction of sp³-hybridized carbons (Fsp3) is 0.0370. The van der Waals surface area contributed by atoms with Crippen molar-refractivity contribution in [2.75, 3.05) is 0 Å². The summed E-state index contributed by atoms with van der Waals surface area (Å²) in [7, 11) is 0. The zero-order valence-corrected chi connectivity index (χ0v) is 19.6. The van der Waals surface area contributed by atoms with Crippen molar-refractivity contribution >= 4 is 46.0 Å². The van der Waals surface area contributed by atoms with E-state index in [9.17, 15) is 18.3 Å². The van der Waals surface area contributed by atoms with Crippen LogP contribution in [0.3, 0.4) is 0 Å². The second kappa shape index (κ2) is 9.87. The number of aromatic hydroxyl groups is 1. The third-order valence-electron chi connectivity index (χ3n) is 5.29. The number of hydrogen-bond acceptors (Lipinski definition) is 6.